The van der Waals surface area contributed by atoms with Crippen molar-refractivity contribution < 1.29 is 22.7 Å². The first-order valence-corrected chi connectivity index (χ1v) is 7.97. The molecule has 21 heavy (non-hydrogen) atoms. The summed E-state index contributed by atoms with van der Waals surface area (Å²) in [4.78, 5) is 13.2. The molecule has 1 aliphatic rings. The third-order valence-corrected chi connectivity index (χ3v) is 4.54. The Balaban J connectivity index is 2.31. The van der Waals surface area contributed by atoms with Crippen molar-refractivity contribution in [3.63, 3.8) is 0 Å². The highest BCUT2D eigenvalue weighted by Gasteiger charge is 2.24. The largest absolute Gasteiger partial charge is 0.490 e. The zero-order valence-corrected chi connectivity index (χ0v) is 12.8. The lowest BCUT2D eigenvalue weighted by Crippen LogP contribution is -2.36. The van der Waals surface area contributed by atoms with Crippen LogP contribution in [0.15, 0.2) is 23.1 Å². The summed E-state index contributed by atoms with van der Waals surface area (Å²) >= 11 is 0. The summed E-state index contributed by atoms with van der Waals surface area (Å²) in [7, 11) is -2.14. The van der Waals surface area contributed by atoms with Crippen molar-refractivity contribution in [2.24, 2.45) is 0 Å². The third kappa shape index (κ3) is 3.52. The second kappa shape index (κ2) is 6.42. The van der Waals surface area contributed by atoms with Gasteiger partial charge < -0.3 is 14.4 Å². The van der Waals surface area contributed by atoms with Crippen molar-refractivity contribution in [3.8, 4) is 5.75 Å². The number of hydrogen-bond acceptors (Lipinski definition) is 5. The lowest BCUT2D eigenvalue weighted by atomic mass is 10.2. The lowest BCUT2D eigenvalue weighted by molar-refractivity contribution is -0.116. The van der Waals surface area contributed by atoms with Gasteiger partial charge in [-0.05, 0) is 18.2 Å². The van der Waals surface area contributed by atoms with E-state index in [9.17, 15) is 13.2 Å². The maximum Gasteiger partial charge on any atom is 0.240 e. The van der Waals surface area contributed by atoms with Gasteiger partial charge >= 0.3 is 0 Å². The number of benzene rings is 1. The van der Waals surface area contributed by atoms with Gasteiger partial charge in [0, 0.05) is 20.6 Å². The van der Waals surface area contributed by atoms with Crippen LogP contribution in [0.2, 0.25) is 0 Å². The molecule has 0 spiro atoms. The molecule has 0 aromatic heterocycles. The van der Waals surface area contributed by atoms with Gasteiger partial charge in [-0.3, -0.25) is 4.79 Å². The fourth-order valence-electron chi connectivity index (χ4n) is 2.05. The van der Waals surface area contributed by atoms with E-state index in [-0.39, 0.29) is 24.0 Å². The number of rotatable bonds is 5. The van der Waals surface area contributed by atoms with Gasteiger partial charge in [0.1, 0.15) is 12.4 Å². The normalized spacial score (nSPS) is 14.5. The summed E-state index contributed by atoms with van der Waals surface area (Å²) < 4.78 is 37.0. The number of hydrogen-bond donors (Lipinski definition) is 1. The number of anilines is 1. The van der Waals surface area contributed by atoms with Gasteiger partial charge in [-0.2, -0.15) is 0 Å². The number of methoxy groups -OCH3 is 1. The van der Waals surface area contributed by atoms with Gasteiger partial charge in [0.05, 0.1) is 23.7 Å². The molecule has 7 nitrogen and oxygen atoms in total. The van der Waals surface area contributed by atoms with E-state index in [0.29, 0.717) is 24.6 Å². The minimum atomic E-state index is -3.64. The molecule has 0 atom stereocenters. The van der Waals surface area contributed by atoms with Crippen LogP contribution in [-0.4, -0.2) is 47.7 Å². The van der Waals surface area contributed by atoms with Crippen molar-refractivity contribution in [3.05, 3.63) is 18.2 Å². The average molecular weight is 314 g/mol. The second-order valence-corrected chi connectivity index (χ2v) is 6.31. The summed E-state index contributed by atoms with van der Waals surface area (Å²) in [5.41, 5.74) is 0.475. The van der Waals surface area contributed by atoms with Gasteiger partial charge in [-0.1, -0.05) is 0 Å². The van der Waals surface area contributed by atoms with E-state index in [1.165, 1.54) is 31.1 Å². The summed E-state index contributed by atoms with van der Waals surface area (Å²) in [5.74, 6) is 0.355. The SMILES string of the molecule is COCCNS(=O)(=O)c1ccc2c(c1)N(C(C)=O)CCO2. The molecular formula is C13H18N2O5S. The predicted octanol–water partition coefficient (Wildman–Crippen LogP) is 0.357. The van der Waals surface area contributed by atoms with Crippen molar-refractivity contribution in [2.45, 2.75) is 11.8 Å². The molecule has 1 aliphatic heterocycles. The van der Waals surface area contributed by atoms with Crippen LogP contribution in [0.4, 0.5) is 5.69 Å². The highest BCUT2D eigenvalue weighted by molar-refractivity contribution is 7.89. The van der Waals surface area contributed by atoms with E-state index < -0.39 is 10.0 Å². The van der Waals surface area contributed by atoms with Crippen LogP contribution in [0.25, 0.3) is 0 Å². The first-order valence-electron chi connectivity index (χ1n) is 6.49. The number of sulfonamides is 1. The minimum absolute atomic E-state index is 0.0918. The van der Waals surface area contributed by atoms with E-state index in [1.54, 1.807) is 6.07 Å². The van der Waals surface area contributed by atoms with Crippen molar-refractivity contribution >= 4 is 21.6 Å². The van der Waals surface area contributed by atoms with Crippen LogP contribution in [0.5, 0.6) is 5.75 Å². The third-order valence-electron chi connectivity index (χ3n) is 3.08. The number of carbonyl (C=O) groups excluding carboxylic acids is 1. The highest BCUT2D eigenvalue weighted by atomic mass is 32.2. The second-order valence-electron chi connectivity index (χ2n) is 4.54. The monoisotopic (exact) mass is 314 g/mol. The molecular weight excluding hydrogens is 296 g/mol. The molecule has 1 aromatic carbocycles. The van der Waals surface area contributed by atoms with Gasteiger partial charge in [-0.25, -0.2) is 13.1 Å². The van der Waals surface area contributed by atoms with Crippen molar-refractivity contribution in [1.29, 1.82) is 0 Å². The molecule has 0 fully saturated rings. The fraction of sp³-hybridized carbons (Fsp3) is 0.462. The summed E-state index contributed by atoms with van der Waals surface area (Å²) in [5, 5.41) is 0. The van der Waals surface area contributed by atoms with Gasteiger partial charge in [0.25, 0.3) is 0 Å². The first-order chi connectivity index (χ1) is 9.95. The van der Waals surface area contributed by atoms with E-state index in [2.05, 4.69) is 4.72 Å². The Morgan fingerprint density at radius 2 is 2.24 bits per heavy atom. The molecule has 1 N–H and O–H groups in total. The lowest BCUT2D eigenvalue weighted by Gasteiger charge is -2.29. The molecule has 2 rings (SSSR count). The highest BCUT2D eigenvalue weighted by Crippen LogP contribution is 2.33. The molecule has 0 aliphatic carbocycles. The average Bonchev–Trinajstić information content (AvgIpc) is 2.46. The van der Waals surface area contributed by atoms with Gasteiger partial charge in [-0.15, -0.1) is 0 Å². The number of amides is 1. The Bertz CT molecular complexity index is 629. The van der Waals surface area contributed by atoms with Crippen LogP contribution in [-0.2, 0) is 19.6 Å². The van der Waals surface area contributed by atoms with Crippen LogP contribution < -0.4 is 14.4 Å². The maximum absolute atomic E-state index is 12.2. The quantitative estimate of drug-likeness (QED) is 0.793. The summed E-state index contributed by atoms with van der Waals surface area (Å²) in [6, 6.07) is 4.47. The topological polar surface area (TPSA) is 84.9 Å². The zero-order chi connectivity index (χ0) is 15.5. The molecule has 1 heterocycles. The van der Waals surface area contributed by atoms with E-state index >= 15 is 0 Å². The number of fused-ring (bicyclic) bond motifs is 1. The molecule has 1 amide bonds. The number of nitrogens with zero attached hydrogens (tertiary/aromatic N) is 1. The smallest absolute Gasteiger partial charge is 0.240 e. The Hall–Kier alpha value is -1.64. The molecule has 8 heteroatoms. The van der Waals surface area contributed by atoms with Crippen molar-refractivity contribution in [2.75, 3.05) is 38.3 Å². The van der Waals surface area contributed by atoms with Crippen LogP contribution in [0.1, 0.15) is 6.92 Å². The number of carbonyl (C=O) groups is 1. The Morgan fingerprint density at radius 1 is 1.48 bits per heavy atom. The minimum Gasteiger partial charge on any atom is -0.490 e. The van der Waals surface area contributed by atoms with E-state index in [4.69, 9.17) is 9.47 Å². The summed E-state index contributed by atoms with van der Waals surface area (Å²) in [6.07, 6.45) is 0. The molecule has 0 bridgehead atoms. The molecule has 0 saturated heterocycles. The van der Waals surface area contributed by atoms with Crippen LogP contribution in [0.3, 0.4) is 0 Å². The van der Waals surface area contributed by atoms with Crippen LogP contribution in [0, 0.1) is 0 Å². The number of ether oxygens (including phenoxy) is 2. The van der Waals surface area contributed by atoms with Gasteiger partial charge in [0.15, 0.2) is 0 Å². The van der Waals surface area contributed by atoms with Crippen LogP contribution >= 0.6 is 0 Å². The molecule has 0 radical (unpaired) electrons. The fourth-order valence-corrected chi connectivity index (χ4v) is 3.09. The molecule has 116 valence electrons. The Kier molecular flexibility index (Phi) is 4.81. The maximum atomic E-state index is 12.2. The van der Waals surface area contributed by atoms with E-state index in [0.717, 1.165) is 0 Å². The Morgan fingerprint density at radius 3 is 2.90 bits per heavy atom. The van der Waals surface area contributed by atoms with Gasteiger partial charge in [0.2, 0.25) is 15.9 Å². The molecule has 1 aromatic rings. The first kappa shape index (κ1) is 15.7. The summed E-state index contributed by atoms with van der Waals surface area (Å²) in [6.45, 7) is 2.70. The van der Waals surface area contributed by atoms with Crippen molar-refractivity contribution in [1.82, 2.24) is 4.72 Å². The number of nitrogens with one attached hydrogen (secondary N) is 1. The molecule has 0 unspecified atom stereocenters. The standard InChI is InChI=1S/C13H18N2O5S/c1-10(16)15-6-8-20-13-4-3-11(9-12(13)15)21(17,18)14-5-7-19-2/h3-4,9,14H,5-8H2,1-2H3. The van der Waals surface area contributed by atoms with E-state index in [1.807, 2.05) is 0 Å². The Labute approximate surface area is 123 Å². The molecule has 0 saturated carbocycles. The predicted molar refractivity (Wildman–Crippen MR) is 77.0 cm³/mol. The zero-order valence-electron chi connectivity index (χ0n) is 12.0.